The van der Waals surface area contributed by atoms with Crippen LogP contribution in [0.15, 0.2) is 29.4 Å². The van der Waals surface area contributed by atoms with Crippen molar-refractivity contribution in [2.24, 2.45) is 0 Å². The number of nitrogens with zero attached hydrogens (tertiary/aromatic N) is 1. The Morgan fingerprint density at radius 1 is 1.29 bits per heavy atom. The molecule has 1 aromatic carbocycles. The van der Waals surface area contributed by atoms with Gasteiger partial charge in [-0.3, -0.25) is 0 Å². The van der Waals surface area contributed by atoms with Crippen LogP contribution < -0.4 is 0 Å². The summed E-state index contributed by atoms with van der Waals surface area (Å²) >= 11 is 1.13. The maximum atomic E-state index is 9.98. The van der Waals surface area contributed by atoms with Crippen LogP contribution in [0.25, 0.3) is 11.0 Å². The lowest BCUT2D eigenvalue weighted by atomic mass is 10.1. The quantitative estimate of drug-likeness (QED) is 0.514. The van der Waals surface area contributed by atoms with E-state index in [0.717, 1.165) is 22.8 Å². The van der Waals surface area contributed by atoms with Gasteiger partial charge in [-0.05, 0) is 12.1 Å². The highest BCUT2D eigenvalue weighted by Crippen LogP contribution is 2.34. The van der Waals surface area contributed by atoms with Gasteiger partial charge in [-0.1, -0.05) is 23.9 Å². The summed E-state index contributed by atoms with van der Waals surface area (Å²) in [5, 5.41) is 38.9. The van der Waals surface area contributed by atoms with Crippen LogP contribution in [0.4, 0.5) is 0 Å². The summed E-state index contributed by atoms with van der Waals surface area (Å²) in [5.41, 5.74) is 0.881. The third-order valence-electron chi connectivity index (χ3n) is 3.42. The number of aromatic nitrogens is 2. The molecule has 21 heavy (non-hydrogen) atoms. The Morgan fingerprint density at radius 3 is 2.76 bits per heavy atom. The first-order valence-corrected chi connectivity index (χ1v) is 7.40. The first-order chi connectivity index (χ1) is 10.1. The fraction of sp³-hybridized carbons (Fsp3) is 0.462. The van der Waals surface area contributed by atoms with Gasteiger partial charge in [-0.15, -0.1) is 0 Å². The minimum absolute atomic E-state index is 0.545. The number of hydrogen-bond donors (Lipinski definition) is 5. The molecule has 5 N–H and O–H groups in total. The number of hydrogen-bond acceptors (Lipinski definition) is 7. The number of aromatic amines is 1. The standard InChI is InChI=1S/C13H16N2O5S/c16-5-8(17)11-9(18)10(19)12(20-11)21-13-14-6-3-1-2-4-7(6)15-13/h1-4,8-12,16-19H,5H2,(H,14,15)/t8-,9-,10-,11+,12+/m1/s1. The summed E-state index contributed by atoms with van der Waals surface area (Å²) in [6.45, 7) is -0.545. The van der Waals surface area contributed by atoms with Crippen molar-refractivity contribution in [2.75, 3.05) is 6.61 Å². The summed E-state index contributed by atoms with van der Waals surface area (Å²) in [5.74, 6) is 0. The second-order valence-electron chi connectivity index (χ2n) is 4.88. The monoisotopic (exact) mass is 312 g/mol. The van der Waals surface area contributed by atoms with Crippen molar-refractivity contribution in [3.05, 3.63) is 24.3 Å². The van der Waals surface area contributed by atoms with E-state index in [9.17, 15) is 15.3 Å². The normalized spacial score (nSPS) is 30.9. The lowest BCUT2D eigenvalue weighted by molar-refractivity contribution is -0.0713. The third kappa shape index (κ3) is 2.78. The van der Waals surface area contributed by atoms with Gasteiger partial charge in [0, 0.05) is 0 Å². The molecule has 2 heterocycles. The molecule has 1 saturated heterocycles. The van der Waals surface area contributed by atoms with E-state index >= 15 is 0 Å². The predicted molar refractivity (Wildman–Crippen MR) is 75.7 cm³/mol. The van der Waals surface area contributed by atoms with E-state index in [1.165, 1.54) is 0 Å². The summed E-state index contributed by atoms with van der Waals surface area (Å²) in [6.07, 6.45) is -4.69. The topological polar surface area (TPSA) is 119 Å². The van der Waals surface area contributed by atoms with E-state index in [0.29, 0.717) is 5.16 Å². The Morgan fingerprint density at radius 2 is 2.05 bits per heavy atom. The van der Waals surface area contributed by atoms with Gasteiger partial charge in [-0.25, -0.2) is 4.98 Å². The zero-order valence-electron chi connectivity index (χ0n) is 11.0. The number of fused-ring (bicyclic) bond motifs is 1. The molecule has 1 aliphatic heterocycles. The molecule has 1 fully saturated rings. The summed E-state index contributed by atoms with van der Waals surface area (Å²) in [6, 6.07) is 7.49. The summed E-state index contributed by atoms with van der Waals surface area (Å²) in [7, 11) is 0. The van der Waals surface area contributed by atoms with E-state index < -0.39 is 36.5 Å². The number of H-pyrrole nitrogens is 1. The van der Waals surface area contributed by atoms with Gasteiger partial charge in [0.1, 0.15) is 29.9 Å². The van der Waals surface area contributed by atoms with E-state index in [4.69, 9.17) is 9.84 Å². The second-order valence-corrected chi connectivity index (χ2v) is 5.96. The van der Waals surface area contributed by atoms with Crippen molar-refractivity contribution in [1.82, 2.24) is 9.97 Å². The Kier molecular flexibility index (Phi) is 4.16. The summed E-state index contributed by atoms with van der Waals surface area (Å²) < 4.78 is 5.43. The number of imidazole rings is 1. The molecule has 0 saturated carbocycles. The van der Waals surface area contributed by atoms with Crippen molar-refractivity contribution in [2.45, 2.75) is 35.0 Å². The van der Waals surface area contributed by atoms with Crippen LogP contribution in [0.2, 0.25) is 0 Å². The number of nitrogens with one attached hydrogen (secondary N) is 1. The lowest BCUT2D eigenvalue weighted by Gasteiger charge is -2.18. The Balaban J connectivity index is 1.75. The van der Waals surface area contributed by atoms with Gasteiger partial charge in [0.05, 0.1) is 17.6 Å². The molecule has 1 aromatic heterocycles. The molecule has 0 bridgehead atoms. The van der Waals surface area contributed by atoms with Crippen molar-refractivity contribution in [3.8, 4) is 0 Å². The molecular formula is C13H16N2O5S. The zero-order chi connectivity index (χ0) is 15.0. The molecule has 7 nitrogen and oxygen atoms in total. The van der Waals surface area contributed by atoms with Crippen LogP contribution in [0, 0.1) is 0 Å². The van der Waals surface area contributed by atoms with Crippen molar-refractivity contribution in [3.63, 3.8) is 0 Å². The zero-order valence-corrected chi connectivity index (χ0v) is 11.8. The van der Waals surface area contributed by atoms with Crippen LogP contribution in [0.1, 0.15) is 0 Å². The van der Waals surface area contributed by atoms with Crippen LogP contribution in [0.5, 0.6) is 0 Å². The number of benzene rings is 1. The van der Waals surface area contributed by atoms with E-state index in [-0.39, 0.29) is 0 Å². The minimum Gasteiger partial charge on any atom is -0.394 e. The fourth-order valence-electron chi connectivity index (χ4n) is 2.29. The average molecular weight is 312 g/mol. The lowest BCUT2D eigenvalue weighted by Crippen LogP contribution is -2.40. The maximum Gasteiger partial charge on any atom is 0.168 e. The highest BCUT2D eigenvalue weighted by Gasteiger charge is 2.46. The Labute approximate surface area is 124 Å². The highest BCUT2D eigenvalue weighted by atomic mass is 32.2. The SMILES string of the molecule is OC[C@@H](O)[C@@H]1O[C@@H](Sc2nc3ccccc3[nH]2)[C@H](O)[C@H]1O. The molecule has 114 valence electrons. The van der Waals surface area contributed by atoms with E-state index in [1.807, 2.05) is 24.3 Å². The van der Waals surface area contributed by atoms with E-state index in [2.05, 4.69) is 9.97 Å². The molecular weight excluding hydrogens is 296 g/mol. The number of para-hydroxylation sites is 2. The molecule has 8 heteroatoms. The number of thioether (sulfide) groups is 1. The number of ether oxygens (including phenoxy) is 1. The van der Waals surface area contributed by atoms with Gasteiger partial charge < -0.3 is 30.1 Å². The molecule has 0 unspecified atom stereocenters. The van der Waals surface area contributed by atoms with Gasteiger partial charge >= 0.3 is 0 Å². The number of rotatable bonds is 4. The smallest absolute Gasteiger partial charge is 0.168 e. The average Bonchev–Trinajstić information content (AvgIpc) is 3.02. The Hall–Kier alpha value is -1.16. The molecule has 2 aromatic rings. The minimum atomic E-state index is -1.26. The maximum absolute atomic E-state index is 9.98. The largest absolute Gasteiger partial charge is 0.394 e. The van der Waals surface area contributed by atoms with Crippen molar-refractivity contribution < 1.29 is 25.2 Å². The molecule has 0 aliphatic carbocycles. The van der Waals surface area contributed by atoms with Gasteiger partial charge in [0.25, 0.3) is 0 Å². The van der Waals surface area contributed by atoms with Gasteiger partial charge in [0.15, 0.2) is 5.16 Å². The highest BCUT2D eigenvalue weighted by molar-refractivity contribution is 7.99. The second kappa shape index (κ2) is 5.91. The van der Waals surface area contributed by atoms with E-state index in [1.54, 1.807) is 0 Å². The first kappa shape index (κ1) is 14.8. The fourth-order valence-corrected chi connectivity index (χ4v) is 3.31. The van der Waals surface area contributed by atoms with Gasteiger partial charge in [-0.2, -0.15) is 0 Å². The molecule has 5 atom stereocenters. The van der Waals surface area contributed by atoms with Crippen LogP contribution in [-0.4, -0.2) is 66.9 Å². The molecule has 1 aliphatic rings. The molecule has 0 radical (unpaired) electrons. The first-order valence-electron chi connectivity index (χ1n) is 6.52. The van der Waals surface area contributed by atoms with Crippen LogP contribution in [0.3, 0.4) is 0 Å². The number of aliphatic hydroxyl groups excluding tert-OH is 4. The van der Waals surface area contributed by atoms with Crippen LogP contribution >= 0.6 is 11.8 Å². The molecule has 3 rings (SSSR count). The van der Waals surface area contributed by atoms with Crippen molar-refractivity contribution >= 4 is 22.8 Å². The van der Waals surface area contributed by atoms with Crippen molar-refractivity contribution in [1.29, 1.82) is 0 Å². The molecule has 0 amide bonds. The number of aliphatic hydroxyl groups is 4. The third-order valence-corrected chi connectivity index (χ3v) is 4.46. The summed E-state index contributed by atoms with van der Waals surface area (Å²) in [4.78, 5) is 7.43. The van der Waals surface area contributed by atoms with Gasteiger partial charge in [0.2, 0.25) is 0 Å². The Bertz CT molecular complexity index is 588. The predicted octanol–water partition coefficient (Wildman–Crippen LogP) is -0.545. The molecule has 0 spiro atoms. The van der Waals surface area contributed by atoms with Crippen LogP contribution in [-0.2, 0) is 4.74 Å².